The van der Waals surface area contributed by atoms with E-state index in [1.165, 1.54) is 0 Å². The molecule has 0 aliphatic carbocycles. The third-order valence-electron chi connectivity index (χ3n) is 2.17. The molecule has 0 radical (unpaired) electrons. The molecule has 3 N–H and O–H groups in total. The van der Waals surface area contributed by atoms with Gasteiger partial charge in [-0.05, 0) is 18.9 Å². The first kappa shape index (κ1) is 10.3. The highest BCUT2D eigenvalue weighted by Crippen LogP contribution is 2.32. The predicted molar refractivity (Wildman–Crippen MR) is 39.8 cm³/mol. The van der Waals surface area contributed by atoms with E-state index in [0.29, 0.717) is 13.0 Å². The van der Waals surface area contributed by atoms with Crippen LogP contribution in [0, 0.1) is 5.92 Å². The van der Waals surface area contributed by atoms with E-state index in [9.17, 15) is 18.0 Å². The van der Waals surface area contributed by atoms with Gasteiger partial charge >= 0.3 is 6.18 Å². The summed E-state index contributed by atoms with van der Waals surface area (Å²) in [5.41, 5.74) is 4.84. The maximum atomic E-state index is 12.2. The number of nitrogens with one attached hydrogen (secondary N) is 1. The van der Waals surface area contributed by atoms with Crippen LogP contribution in [0.25, 0.3) is 0 Å². The van der Waals surface area contributed by atoms with Crippen molar-refractivity contribution >= 4 is 5.91 Å². The third kappa shape index (κ3) is 2.58. The number of alkyl halides is 3. The summed E-state index contributed by atoms with van der Waals surface area (Å²) in [6.07, 6.45) is -4.12. The van der Waals surface area contributed by atoms with E-state index in [1.807, 2.05) is 0 Å². The summed E-state index contributed by atoms with van der Waals surface area (Å²) < 4.78 is 36.7. The van der Waals surface area contributed by atoms with E-state index < -0.39 is 24.0 Å². The van der Waals surface area contributed by atoms with Crippen LogP contribution in [0.2, 0.25) is 0 Å². The van der Waals surface area contributed by atoms with Gasteiger partial charge in [-0.1, -0.05) is 0 Å². The van der Waals surface area contributed by atoms with Gasteiger partial charge in [-0.3, -0.25) is 4.79 Å². The van der Waals surface area contributed by atoms with Crippen LogP contribution in [-0.4, -0.2) is 24.7 Å². The fraction of sp³-hybridized carbons (Fsp3) is 0.857. The monoisotopic (exact) mass is 196 g/mol. The predicted octanol–water partition coefficient (Wildman–Crippen LogP) is 0.402. The van der Waals surface area contributed by atoms with Crippen molar-refractivity contribution in [3.8, 4) is 0 Å². The zero-order valence-electron chi connectivity index (χ0n) is 6.90. The molecule has 1 heterocycles. The van der Waals surface area contributed by atoms with Crippen LogP contribution in [0.15, 0.2) is 0 Å². The van der Waals surface area contributed by atoms with Crippen molar-refractivity contribution in [3.05, 3.63) is 0 Å². The number of rotatable bonds is 2. The summed E-state index contributed by atoms with van der Waals surface area (Å²) in [5.74, 6) is -1.37. The van der Waals surface area contributed by atoms with Crippen molar-refractivity contribution in [2.75, 3.05) is 6.54 Å². The SMILES string of the molecule is NC(=O)CC1CCNC1C(F)(F)F. The van der Waals surface area contributed by atoms with Gasteiger partial charge in [0.25, 0.3) is 0 Å². The lowest BCUT2D eigenvalue weighted by molar-refractivity contribution is -0.161. The summed E-state index contributed by atoms with van der Waals surface area (Å²) in [6, 6.07) is -1.57. The molecule has 1 amide bonds. The summed E-state index contributed by atoms with van der Waals surface area (Å²) in [7, 11) is 0. The van der Waals surface area contributed by atoms with Gasteiger partial charge in [0.15, 0.2) is 0 Å². The van der Waals surface area contributed by atoms with Crippen molar-refractivity contribution in [2.45, 2.75) is 25.1 Å². The second kappa shape index (κ2) is 3.53. The second-order valence-electron chi connectivity index (χ2n) is 3.19. The number of halogens is 3. The molecule has 1 saturated heterocycles. The Bertz CT molecular complexity index is 204. The number of carbonyl (C=O) groups excluding carboxylic acids is 1. The van der Waals surface area contributed by atoms with Crippen molar-refractivity contribution in [3.63, 3.8) is 0 Å². The van der Waals surface area contributed by atoms with Gasteiger partial charge in [0.2, 0.25) is 5.91 Å². The second-order valence-corrected chi connectivity index (χ2v) is 3.19. The fourth-order valence-electron chi connectivity index (χ4n) is 1.62. The maximum absolute atomic E-state index is 12.2. The quantitative estimate of drug-likeness (QED) is 0.671. The summed E-state index contributed by atoms with van der Waals surface area (Å²) in [5, 5.41) is 2.32. The van der Waals surface area contributed by atoms with Crippen LogP contribution in [-0.2, 0) is 4.79 Å². The maximum Gasteiger partial charge on any atom is 0.404 e. The molecule has 1 aliphatic rings. The van der Waals surface area contributed by atoms with Crippen LogP contribution in [0.1, 0.15) is 12.8 Å². The molecule has 0 aromatic heterocycles. The van der Waals surface area contributed by atoms with Crippen LogP contribution >= 0.6 is 0 Å². The highest BCUT2D eigenvalue weighted by Gasteiger charge is 2.47. The van der Waals surface area contributed by atoms with Gasteiger partial charge in [-0.25, -0.2) is 0 Å². The lowest BCUT2D eigenvalue weighted by Gasteiger charge is -2.20. The van der Waals surface area contributed by atoms with Gasteiger partial charge < -0.3 is 11.1 Å². The molecule has 0 aromatic carbocycles. The lowest BCUT2D eigenvalue weighted by atomic mass is 9.96. The molecule has 13 heavy (non-hydrogen) atoms. The molecular weight excluding hydrogens is 185 g/mol. The van der Waals surface area contributed by atoms with E-state index in [4.69, 9.17) is 5.73 Å². The average Bonchev–Trinajstić information content (AvgIpc) is 2.31. The van der Waals surface area contributed by atoms with Gasteiger partial charge in [0, 0.05) is 6.42 Å². The van der Waals surface area contributed by atoms with Gasteiger partial charge in [0.1, 0.15) is 6.04 Å². The largest absolute Gasteiger partial charge is 0.404 e. The first-order chi connectivity index (χ1) is 5.91. The van der Waals surface area contributed by atoms with Crippen molar-refractivity contribution in [2.24, 2.45) is 11.7 Å². The number of carbonyl (C=O) groups is 1. The summed E-state index contributed by atoms with van der Waals surface area (Å²) >= 11 is 0. The molecule has 3 nitrogen and oxygen atoms in total. The van der Waals surface area contributed by atoms with Crippen LogP contribution < -0.4 is 11.1 Å². The Morgan fingerprint density at radius 2 is 2.15 bits per heavy atom. The third-order valence-corrected chi connectivity index (χ3v) is 2.17. The van der Waals surface area contributed by atoms with E-state index in [0.717, 1.165) is 0 Å². The lowest BCUT2D eigenvalue weighted by Crippen LogP contribution is -2.42. The minimum atomic E-state index is -4.28. The average molecular weight is 196 g/mol. The fourth-order valence-corrected chi connectivity index (χ4v) is 1.62. The minimum absolute atomic E-state index is 0.197. The summed E-state index contributed by atoms with van der Waals surface area (Å²) in [6.45, 7) is 0.294. The first-order valence-corrected chi connectivity index (χ1v) is 3.99. The molecule has 0 saturated carbocycles. The molecule has 1 aliphatic heterocycles. The first-order valence-electron chi connectivity index (χ1n) is 3.99. The highest BCUT2D eigenvalue weighted by atomic mass is 19.4. The minimum Gasteiger partial charge on any atom is -0.370 e. The Balaban J connectivity index is 2.59. The number of nitrogens with two attached hydrogens (primary N) is 1. The van der Waals surface area contributed by atoms with Crippen LogP contribution in [0.5, 0.6) is 0 Å². The van der Waals surface area contributed by atoms with Crippen LogP contribution in [0.3, 0.4) is 0 Å². The smallest absolute Gasteiger partial charge is 0.370 e. The number of primary amides is 1. The van der Waals surface area contributed by atoms with E-state index >= 15 is 0 Å². The standard InChI is InChI=1S/C7H11F3N2O/c8-7(9,10)6-4(1-2-12-6)3-5(11)13/h4,6,12H,1-3H2,(H2,11,13). The zero-order chi connectivity index (χ0) is 10.1. The Morgan fingerprint density at radius 3 is 2.62 bits per heavy atom. The molecule has 6 heteroatoms. The molecule has 2 atom stereocenters. The van der Waals surface area contributed by atoms with Gasteiger partial charge in [-0.15, -0.1) is 0 Å². The summed E-state index contributed by atoms with van der Waals surface area (Å²) in [4.78, 5) is 10.5. The molecule has 0 aromatic rings. The number of hydrogen-bond donors (Lipinski definition) is 2. The molecule has 0 bridgehead atoms. The highest BCUT2D eigenvalue weighted by molar-refractivity contribution is 5.74. The van der Waals surface area contributed by atoms with Crippen molar-refractivity contribution in [1.82, 2.24) is 5.32 Å². The van der Waals surface area contributed by atoms with E-state index in [-0.39, 0.29) is 6.42 Å². The molecular formula is C7H11F3N2O. The van der Waals surface area contributed by atoms with Gasteiger partial charge in [-0.2, -0.15) is 13.2 Å². The molecule has 2 unspecified atom stereocenters. The Kier molecular flexibility index (Phi) is 2.80. The van der Waals surface area contributed by atoms with Crippen molar-refractivity contribution < 1.29 is 18.0 Å². The molecule has 0 spiro atoms. The Labute approximate surface area is 73.5 Å². The molecule has 1 fully saturated rings. The van der Waals surface area contributed by atoms with Crippen LogP contribution in [0.4, 0.5) is 13.2 Å². The van der Waals surface area contributed by atoms with E-state index in [1.54, 1.807) is 0 Å². The van der Waals surface area contributed by atoms with Gasteiger partial charge in [0.05, 0.1) is 0 Å². The number of hydrogen-bond acceptors (Lipinski definition) is 2. The Hall–Kier alpha value is -0.780. The zero-order valence-corrected chi connectivity index (χ0v) is 6.90. The Morgan fingerprint density at radius 1 is 1.54 bits per heavy atom. The molecule has 1 rings (SSSR count). The van der Waals surface area contributed by atoms with Crippen molar-refractivity contribution in [1.29, 1.82) is 0 Å². The van der Waals surface area contributed by atoms with E-state index in [2.05, 4.69) is 5.32 Å². The topological polar surface area (TPSA) is 55.1 Å². The normalized spacial score (nSPS) is 29.2. The molecule has 76 valence electrons. The number of amides is 1.